The van der Waals surface area contributed by atoms with Gasteiger partial charge in [0.2, 0.25) is 0 Å². The van der Waals surface area contributed by atoms with Crippen molar-refractivity contribution in [2.45, 2.75) is 24.7 Å². The third-order valence-corrected chi connectivity index (χ3v) is 6.17. The Morgan fingerprint density at radius 3 is 2.43 bits per heavy atom. The summed E-state index contributed by atoms with van der Waals surface area (Å²) < 4.78 is 27.9. The van der Waals surface area contributed by atoms with E-state index < -0.39 is 10.0 Å². The van der Waals surface area contributed by atoms with Crippen LogP contribution in [0.15, 0.2) is 65.6 Å². The second kappa shape index (κ2) is 7.59. The molecule has 7 heteroatoms. The highest BCUT2D eigenvalue weighted by Gasteiger charge is 2.16. The number of aromatic nitrogens is 2. The normalized spacial score (nSPS) is 14.2. The number of nitrogens with one attached hydrogen (secondary N) is 1. The van der Waals surface area contributed by atoms with Crippen LogP contribution >= 0.6 is 0 Å². The van der Waals surface area contributed by atoms with Gasteiger partial charge in [-0.25, -0.2) is 8.42 Å². The fourth-order valence-electron chi connectivity index (χ4n) is 3.33. The molecule has 144 valence electrons. The molecule has 1 fully saturated rings. The van der Waals surface area contributed by atoms with E-state index in [9.17, 15) is 8.42 Å². The molecular weight excluding hydrogens is 372 g/mol. The average molecular weight is 395 g/mol. The third-order valence-electron chi connectivity index (χ3n) is 4.79. The van der Waals surface area contributed by atoms with Crippen molar-refractivity contribution in [2.75, 3.05) is 22.7 Å². The maximum Gasteiger partial charge on any atom is 0.261 e. The molecule has 0 amide bonds. The molecule has 2 aromatic carbocycles. The van der Waals surface area contributed by atoms with E-state index in [-0.39, 0.29) is 4.90 Å². The molecule has 1 aromatic heterocycles. The molecule has 28 heavy (non-hydrogen) atoms. The van der Waals surface area contributed by atoms with E-state index in [2.05, 4.69) is 19.8 Å². The Balaban J connectivity index is 1.56. The van der Waals surface area contributed by atoms with E-state index >= 15 is 0 Å². The van der Waals surface area contributed by atoms with Gasteiger partial charge in [-0.2, -0.15) is 0 Å². The highest BCUT2D eigenvalue weighted by Crippen LogP contribution is 2.24. The lowest BCUT2D eigenvalue weighted by molar-refractivity contribution is 0.601. The van der Waals surface area contributed by atoms with Crippen molar-refractivity contribution in [3.05, 3.63) is 66.2 Å². The molecule has 2 heterocycles. The van der Waals surface area contributed by atoms with Crippen LogP contribution < -0.4 is 9.62 Å². The van der Waals surface area contributed by atoms with Crippen LogP contribution in [0.3, 0.4) is 0 Å². The number of hydrogen-bond donors (Lipinski definition) is 1. The summed E-state index contributed by atoms with van der Waals surface area (Å²) in [6.07, 6.45) is 2.37. The molecule has 0 atom stereocenters. The highest BCUT2D eigenvalue weighted by molar-refractivity contribution is 7.92. The Morgan fingerprint density at radius 2 is 1.71 bits per heavy atom. The average Bonchev–Trinajstić information content (AvgIpc) is 3.23. The standard InChI is InChI=1S/C21H22N4O2S/c1-16-6-4-9-19(14-16)28(26,27)24-18-8-5-7-17(15-18)20-10-11-21(23-22-20)25-12-2-3-13-25/h4-11,14-15,24H,2-3,12-13H2,1H3. The minimum Gasteiger partial charge on any atom is -0.355 e. The lowest BCUT2D eigenvalue weighted by Crippen LogP contribution is -2.19. The smallest absolute Gasteiger partial charge is 0.261 e. The first-order chi connectivity index (χ1) is 13.5. The zero-order chi connectivity index (χ0) is 19.6. The number of anilines is 2. The summed E-state index contributed by atoms with van der Waals surface area (Å²) in [6.45, 7) is 3.90. The molecule has 0 spiro atoms. The Kier molecular flexibility index (Phi) is 5.00. The number of aryl methyl sites for hydroxylation is 1. The Bertz CT molecular complexity index is 1080. The molecule has 1 aliphatic rings. The van der Waals surface area contributed by atoms with Crippen molar-refractivity contribution in [1.82, 2.24) is 10.2 Å². The van der Waals surface area contributed by atoms with Crippen LogP contribution in [0, 0.1) is 6.92 Å². The molecule has 1 N–H and O–H groups in total. The van der Waals surface area contributed by atoms with Crippen molar-refractivity contribution in [3.8, 4) is 11.3 Å². The van der Waals surface area contributed by atoms with Crippen molar-refractivity contribution in [1.29, 1.82) is 0 Å². The number of nitrogens with zero attached hydrogens (tertiary/aromatic N) is 3. The molecule has 1 saturated heterocycles. The van der Waals surface area contributed by atoms with Gasteiger partial charge in [0.15, 0.2) is 5.82 Å². The van der Waals surface area contributed by atoms with Crippen LogP contribution in [0.25, 0.3) is 11.3 Å². The number of sulfonamides is 1. The predicted molar refractivity (Wildman–Crippen MR) is 111 cm³/mol. The van der Waals surface area contributed by atoms with Gasteiger partial charge in [-0.05, 0) is 61.7 Å². The Hall–Kier alpha value is -2.93. The second-order valence-corrected chi connectivity index (χ2v) is 8.66. The predicted octanol–water partition coefficient (Wildman–Crippen LogP) is 3.85. The summed E-state index contributed by atoms with van der Waals surface area (Å²) >= 11 is 0. The van der Waals surface area contributed by atoms with E-state index in [1.165, 1.54) is 12.8 Å². The van der Waals surface area contributed by atoms with Crippen LogP contribution in [0.4, 0.5) is 11.5 Å². The molecule has 0 bridgehead atoms. The molecule has 0 saturated carbocycles. The van der Waals surface area contributed by atoms with Crippen LogP contribution in [-0.4, -0.2) is 31.7 Å². The van der Waals surface area contributed by atoms with Gasteiger partial charge in [-0.1, -0.05) is 24.3 Å². The largest absolute Gasteiger partial charge is 0.355 e. The van der Waals surface area contributed by atoms with Gasteiger partial charge in [-0.3, -0.25) is 4.72 Å². The van der Waals surface area contributed by atoms with Gasteiger partial charge >= 0.3 is 0 Å². The summed E-state index contributed by atoms with van der Waals surface area (Å²) in [5, 5.41) is 8.67. The van der Waals surface area contributed by atoms with E-state index in [4.69, 9.17) is 0 Å². The summed E-state index contributed by atoms with van der Waals surface area (Å²) in [5.74, 6) is 0.887. The van der Waals surface area contributed by atoms with Crippen LogP contribution in [0.5, 0.6) is 0 Å². The first kappa shape index (κ1) is 18.4. The zero-order valence-corrected chi connectivity index (χ0v) is 16.5. The van der Waals surface area contributed by atoms with Gasteiger partial charge in [-0.15, -0.1) is 10.2 Å². The monoisotopic (exact) mass is 394 g/mol. The summed E-state index contributed by atoms with van der Waals surface area (Å²) in [7, 11) is -3.65. The maximum atomic E-state index is 12.6. The fraction of sp³-hybridized carbons (Fsp3) is 0.238. The fourth-order valence-corrected chi connectivity index (χ4v) is 4.49. The summed E-state index contributed by atoms with van der Waals surface area (Å²) in [4.78, 5) is 2.47. The topological polar surface area (TPSA) is 75.2 Å². The number of hydrogen-bond acceptors (Lipinski definition) is 5. The lowest BCUT2D eigenvalue weighted by Gasteiger charge is -2.15. The van der Waals surface area contributed by atoms with Crippen molar-refractivity contribution in [2.24, 2.45) is 0 Å². The SMILES string of the molecule is Cc1cccc(S(=O)(=O)Nc2cccc(-c3ccc(N4CCCC4)nn3)c2)c1. The zero-order valence-electron chi connectivity index (χ0n) is 15.7. The van der Waals surface area contributed by atoms with Gasteiger partial charge in [0, 0.05) is 24.3 Å². The molecule has 0 aliphatic carbocycles. The van der Waals surface area contributed by atoms with Crippen LogP contribution in [-0.2, 0) is 10.0 Å². The Labute approximate surface area is 165 Å². The first-order valence-corrected chi connectivity index (χ1v) is 10.8. The van der Waals surface area contributed by atoms with E-state index in [1.54, 1.807) is 36.4 Å². The van der Waals surface area contributed by atoms with Crippen molar-refractivity contribution < 1.29 is 8.42 Å². The maximum absolute atomic E-state index is 12.6. The minimum atomic E-state index is -3.65. The van der Waals surface area contributed by atoms with E-state index in [1.807, 2.05) is 31.2 Å². The molecule has 4 rings (SSSR count). The van der Waals surface area contributed by atoms with E-state index in [0.717, 1.165) is 30.0 Å². The molecular formula is C21H22N4O2S. The van der Waals surface area contributed by atoms with Crippen molar-refractivity contribution >= 4 is 21.5 Å². The molecule has 6 nitrogen and oxygen atoms in total. The van der Waals surface area contributed by atoms with Gasteiger partial charge in [0.25, 0.3) is 10.0 Å². The van der Waals surface area contributed by atoms with Gasteiger partial charge in [0.05, 0.1) is 10.6 Å². The minimum absolute atomic E-state index is 0.243. The number of rotatable bonds is 5. The molecule has 0 unspecified atom stereocenters. The molecule has 3 aromatic rings. The first-order valence-electron chi connectivity index (χ1n) is 9.30. The Morgan fingerprint density at radius 1 is 0.929 bits per heavy atom. The molecule has 1 aliphatic heterocycles. The highest BCUT2D eigenvalue weighted by atomic mass is 32.2. The number of benzene rings is 2. The lowest BCUT2D eigenvalue weighted by atomic mass is 10.1. The van der Waals surface area contributed by atoms with Crippen LogP contribution in [0.1, 0.15) is 18.4 Å². The van der Waals surface area contributed by atoms with Gasteiger partial charge < -0.3 is 4.90 Å². The second-order valence-electron chi connectivity index (χ2n) is 6.97. The van der Waals surface area contributed by atoms with Crippen molar-refractivity contribution in [3.63, 3.8) is 0 Å². The molecule has 0 radical (unpaired) electrons. The third kappa shape index (κ3) is 3.99. The summed E-state index contributed by atoms with van der Waals surface area (Å²) in [6, 6.07) is 17.9. The van der Waals surface area contributed by atoms with Gasteiger partial charge in [0.1, 0.15) is 0 Å². The van der Waals surface area contributed by atoms with E-state index in [0.29, 0.717) is 11.4 Å². The summed E-state index contributed by atoms with van der Waals surface area (Å²) in [5.41, 5.74) is 2.90. The quantitative estimate of drug-likeness (QED) is 0.711. The van der Waals surface area contributed by atoms with Crippen LogP contribution in [0.2, 0.25) is 0 Å².